The summed E-state index contributed by atoms with van der Waals surface area (Å²) in [5.41, 5.74) is 7.01. The average molecular weight is 253 g/mol. The highest BCUT2D eigenvalue weighted by molar-refractivity contribution is 5.20. The maximum Gasteiger partial charge on any atom is 0.123 e. The van der Waals surface area contributed by atoms with Crippen LogP contribution in [0.2, 0.25) is 0 Å². The first-order valence-corrected chi connectivity index (χ1v) is 6.67. The minimum atomic E-state index is -0.240. The zero-order valence-corrected chi connectivity index (χ0v) is 11.5. The Bertz CT molecular complexity index is 339. The first kappa shape index (κ1) is 15.1. The van der Waals surface area contributed by atoms with Crippen LogP contribution in [0.4, 0.5) is 4.39 Å². The summed E-state index contributed by atoms with van der Waals surface area (Å²) in [5.74, 6) is 0.314. The molecule has 3 heteroatoms. The van der Waals surface area contributed by atoms with Crippen molar-refractivity contribution in [1.29, 1.82) is 0 Å². The van der Waals surface area contributed by atoms with Gasteiger partial charge in [0, 0.05) is 6.61 Å². The summed E-state index contributed by atoms with van der Waals surface area (Å²) in [7, 11) is 0. The maximum absolute atomic E-state index is 12.8. The van der Waals surface area contributed by atoms with Gasteiger partial charge in [-0.05, 0) is 37.0 Å². The molecule has 0 aliphatic rings. The van der Waals surface area contributed by atoms with Crippen molar-refractivity contribution in [3.05, 3.63) is 35.6 Å². The van der Waals surface area contributed by atoms with Gasteiger partial charge in [0.2, 0.25) is 0 Å². The molecule has 0 spiro atoms. The number of hydrogen-bond acceptors (Lipinski definition) is 2. The van der Waals surface area contributed by atoms with Gasteiger partial charge in [-0.2, -0.15) is 0 Å². The van der Waals surface area contributed by atoms with Crippen LogP contribution in [0, 0.1) is 11.7 Å². The Morgan fingerprint density at radius 3 is 2.39 bits per heavy atom. The molecule has 0 aliphatic heterocycles. The van der Waals surface area contributed by atoms with E-state index >= 15 is 0 Å². The predicted molar refractivity (Wildman–Crippen MR) is 72.8 cm³/mol. The monoisotopic (exact) mass is 253 g/mol. The van der Waals surface area contributed by atoms with Crippen LogP contribution < -0.4 is 5.73 Å². The van der Waals surface area contributed by atoms with E-state index in [4.69, 9.17) is 10.5 Å². The Kier molecular flexibility index (Phi) is 6.30. The summed E-state index contributed by atoms with van der Waals surface area (Å²) in [4.78, 5) is 0. The molecule has 0 fully saturated rings. The molecule has 102 valence electrons. The highest BCUT2D eigenvalue weighted by atomic mass is 19.1. The van der Waals surface area contributed by atoms with E-state index in [9.17, 15) is 4.39 Å². The number of nitrogens with two attached hydrogens (primary N) is 1. The summed E-state index contributed by atoms with van der Waals surface area (Å²) in [5, 5.41) is 0. The van der Waals surface area contributed by atoms with Gasteiger partial charge in [0.15, 0.2) is 0 Å². The van der Waals surface area contributed by atoms with Gasteiger partial charge in [0.25, 0.3) is 0 Å². The number of rotatable bonds is 7. The second-order valence-electron chi connectivity index (χ2n) is 5.01. The van der Waals surface area contributed by atoms with Crippen LogP contribution >= 0.6 is 0 Å². The van der Waals surface area contributed by atoms with E-state index in [1.54, 1.807) is 12.1 Å². The lowest BCUT2D eigenvalue weighted by Crippen LogP contribution is -2.27. The summed E-state index contributed by atoms with van der Waals surface area (Å²) in [6, 6.07) is 6.09. The molecule has 3 atom stereocenters. The standard InChI is InChI=1S/C15H24FNO/c1-4-5-11(2)10-18-12(3)15(17)13-6-8-14(16)9-7-13/h6-9,11-12,15H,4-5,10,17H2,1-3H3. The highest BCUT2D eigenvalue weighted by Crippen LogP contribution is 2.18. The summed E-state index contributed by atoms with van der Waals surface area (Å²) in [6.07, 6.45) is 2.27. The van der Waals surface area contributed by atoms with Crippen LogP contribution in [0.1, 0.15) is 45.2 Å². The molecule has 2 nitrogen and oxygen atoms in total. The third-order valence-corrected chi connectivity index (χ3v) is 3.19. The lowest BCUT2D eigenvalue weighted by Gasteiger charge is -2.22. The Balaban J connectivity index is 2.45. The van der Waals surface area contributed by atoms with Crippen LogP contribution in [-0.2, 0) is 4.74 Å². The van der Waals surface area contributed by atoms with Gasteiger partial charge in [0.1, 0.15) is 5.82 Å². The van der Waals surface area contributed by atoms with E-state index in [-0.39, 0.29) is 18.0 Å². The normalized spacial score (nSPS) is 16.3. The highest BCUT2D eigenvalue weighted by Gasteiger charge is 2.16. The van der Waals surface area contributed by atoms with Crippen molar-refractivity contribution in [3.8, 4) is 0 Å². The molecule has 0 amide bonds. The molecule has 18 heavy (non-hydrogen) atoms. The molecule has 1 rings (SSSR count). The van der Waals surface area contributed by atoms with Gasteiger partial charge in [-0.3, -0.25) is 0 Å². The molecule has 0 bridgehead atoms. The summed E-state index contributed by atoms with van der Waals surface area (Å²) in [6.45, 7) is 7.04. The molecule has 0 aliphatic carbocycles. The van der Waals surface area contributed by atoms with Gasteiger partial charge < -0.3 is 10.5 Å². The molecular formula is C15H24FNO. The Hall–Kier alpha value is -0.930. The molecule has 3 unspecified atom stereocenters. The second-order valence-corrected chi connectivity index (χ2v) is 5.01. The van der Waals surface area contributed by atoms with Crippen LogP contribution in [0.5, 0.6) is 0 Å². The molecule has 0 radical (unpaired) electrons. The van der Waals surface area contributed by atoms with Crippen molar-refractivity contribution in [1.82, 2.24) is 0 Å². The number of ether oxygens (including phenoxy) is 1. The minimum absolute atomic E-state index is 0.0604. The average Bonchev–Trinajstić information content (AvgIpc) is 2.36. The molecule has 0 heterocycles. The topological polar surface area (TPSA) is 35.2 Å². The van der Waals surface area contributed by atoms with Gasteiger partial charge in [-0.25, -0.2) is 4.39 Å². The predicted octanol–water partition coefficient (Wildman–Crippen LogP) is 3.67. The van der Waals surface area contributed by atoms with Crippen molar-refractivity contribution in [2.45, 2.75) is 45.8 Å². The summed E-state index contributed by atoms with van der Waals surface area (Å²) < 4.78 is 18.6. The minimum Gasteiger partial charge on any atom is -0.376 e. The molecule has 1 aromatic carbocycles. The number of benzene rings is 1. The fourth-order valence-corrected chi connectivity index (χ4v) is 1.95. The SMILES string of the molecule is CCCC(C)COC(C)C(N)c1ccc(F)cc1. The lowest BCUT2D eigenvalue weighted by atomic mass is 10.0. The molecular weight excluding hydrogens is 229 g/mol. The molecule has 2 N–H and O–H groups in total. The van der Waals surface area contributed by atoms with Gasteiger partial charge in [-0.15, -0.1) is 0 Å². The smallest absolute Gasteiger partial charge is 0.123 e. The number of hydrogen-bond donors (Lipinski definition) is 1. The largest absolute Gasteiger partial charge is 0.376 e. The zero-order chi connectivity index (χ0) is 13.5. The van der Waals surface area contributed by atoms with E-state index < -0.39 is 0 Å². The van der Waals surface area contributed by atoms with E-state index in [1.165, 1.54) is 25.0 Å². The van der Waals surface area contributed by atoms with Crippen molar-refractivity contribution >= 4 is 0 Å². The third-order valence-electron chi connectivity index (χ3n) is 3.19. The molecule has 1 aromatic rings. The van der Waals surface area contributed by atoms with Crippen molar-refractivity contribution < 1.29 is 9.13 Å². The Morgan fingerprint density at radius 1 is 1.22 bits per heavy atom. The fourth-order valence-electron chi connectivity index (χ4n) is 1.95. The maximum atomic E-state index is 12.8. The molecule has 0 saturated carbocycles. The third kappa shape index (κ3) is 4.75. The Labute approximate surface area is 109 Å². The Morgan fingerprint density at radius 2 is 1.83 bits per heavy atom. The van der Waals surface area contributed by atoms with Crippen LogP contribution in [0.15, 0.2) is 24.3 Å². The molecule has 0 saturated heterocycles. The quantitative estimate of drug-likeness (QED) is 0.804. The zero-order valence-electron chi connectivity index (χ0n) is 11.5. The first-order chi connectivity index (χ1) is 8.54. The van der Waals surface area contributed by atoms with E-state index in [0.29, 0.717) is 5.92 Å². The summed E-state index contributed by atoms with van der Waals surface area (Å²) >= 11 is 0. The fraction of sp³-hybridized carbons (Fsp3) is 0.600. The van der Waals surface area contributed by atoms with Crippen molar-refractivity contribution in [2.75, 3.05) is 6.61 Å². The van der Waals surface area contributed by atoms with Crippen LogP contribution in [0.25, 0.3) is 0 Å². The van der Waals surface area contributed by atoms with Crippen molar-refractivity contribution in [3.63, 3.8) is 0 Å². The van der Waals surface area contributed by atoms with E-state index in [1.807, 2.05) is 6.92 Å². The molecule has 0 aromatic heterocycles. The van der Waals surface area contributed by atoms with Crippen molar-refractivity contribution in [2.24, 2.45) is 11.7 Å². The lowest BCUT2D eigenvalue weighted by molar-refractivity contribution is 0.0264. The van der Waals surface area contributed by atoms with Crippen LogP contribution in [-0.4, -0.2) is 12.7 Å². The van der Waals surface area contributed by atoms with Gasteiger partial charge in [-0.1, -0.05) is 32.4 Å². The van der Waals surface area contributed by atoms with E-state index in [2.05, 4.69) is 13.8 Å². The van der Waals surface area contributed by atoms with E-state index in [0.717, 1.165) is 12.2 Å². The van der Waals surface area contributed by atoms with Crippen LogP contribution in [0.3, 0.4) is 0 Å². The first-order valence-electron chi connectivity index (χ1n) is 6.67. The second kappa shape index (κ2) is 7.49. The van der Waals surface area contributed by atoms with Gasteiger partial charge in [0.05, 0.1) is 12.1 Å². The number of halogens is 1. The van der Waals surface area contributed by atoms with Gasteiger partial charge >= 0.3 is 0 Å².